The highest BCUT2D eigenvalue weighted by Crippen LogP contribution is 2.26. The van der Waals surface area contributed by atoms with Gasteiger partial charge in [-0.05, 0) is 44.9 Å². The van der Waals surface area contributed by atoms with Crippen molar-refractivity contribution in [1.29, 1.82) is 0 Å². The average Bonchev–Trinajstić information content (AvgIpc) is 2.36. The number of nitrogens with two attached hydrogens (primary N) is 1. The fourth-order valence-corrected chi connectivity index (χ4v) is 2.16. The first-order valence-electron chi connectivity index (χ1n) is 7.20. The van der Waals surface area contributed by atoms with Crippen molar-refractivity contribution in [3.05, 3.63) is 23.8 Å². The summed E-state index contributed by atoms with van der Waals surface area (Å²) >= 11 is 0. The van der Waals surface area contributed by atoms with E-state index in [9.17, 15) is 4.79 Å². The molecule has 4 heteroatoms. The van der Waals surface area contributed by atoms with Crippen molar-refractivity contribution >= 4 is 17.3 Å². The highest BCUT2D eigenvalue weighted by atomic mass is 16.5. The van der Waals surface area contributed by atoms with E-state index in [1.165, 1.54) is 0 Å². The van der Waals surface area contributed by atoms with E-state index in [2.05, 4.69) is 32.6 Å². The average molecular weight is 278 g/mol. The molecule has 1 aromatic rings. The predicted octanol–water partition coefficient (Wildman–Crippen LogP) is 3.32. The van der Waals surface area contributed by atoms with Crippen molar-refractivity contribution < 1.29 is 9.53 Å². The number of hydrogen-bond donors (Lipinski definition) is 1. The molecule has 0 fully saturated rings. The summed E-state index contributed by atoms with van der Waals surface area (Å²) in [5.41, 5.74) is 7.82. The second-order valence-electron chi connectivity index (χ2n) is 5.64. The number of hydrogen-bond acceptors (Lipinski definition) is 4. The molecule has 0 unspecified atom stereocenters. The van der Waals surface area contributed by atoms with Crippen LogP contribution in [-0.4, -0.2) is 25.2 Å². The first-order chi connectivity index (χ1) is 9.36. The summed E-state index contributed by atoms with van der Waals surface area (Å²) in [6, 6.07) is 5.73. The normalized spacial score (nSPS) is 10.9. The molecular formula is C16H26N2O2. The molecule has 0 saturated carbocycles. The standard InChI is InChI=1S/C16H26N2O2/c1-6-20-16(19)14-9-13(17)7-8-15(14)18(12(4)5)10-11(2)3/h7-9,11-12H,6,10,17H2,1-5H3. The number of ether oxygens (including phenoxy) is 1. The van der Waals surface area contributed by atoms with Crippen LogP contribution in [0.1, 0.15) is 45.0 Å². The van der Waals surface area contributed by atoms with Gasteiger partial charge in [0.05, 0.1) is 17.9 Å². The van der Waals surface area contributed by atoms with Crippen LogP contribution < -0.4 is 10.6 Å². The molecule has 0 amide bonds. The van der Waals surface area contributed by atoms with Crippen molar-refractivity contribution in [3.63, 3.8) is 0 Å². The van der Waals surface area contributed by atoms with Crippen molar-refractivity contribution in [2.75, 3.05) is 23.8 Å². The van der Waals surface area contributed by atoms with E-state index < -0.39 is 0 Å². The van der Waals surface area contributed by atoms with E-state index in [1.54, 1.807) is 13.0 Å². The minimum absolute atomic E-state index is 0.300. The molecule has 0 atom stereocenters. The van der Waals surface area contributed by atoms with Crippen molar-refractivity contribution in [2.24, 2.45) is 5.92 Å². The van der Waals surface area contributed by atoms with Gasteiger partial charge < -0.3 is 15.4 Å². The molecule has 0 aliphatic heterocycles. The van der Waals surface area contributed by atoms with Crippen LogP contribution in [-0.2, 0) is 4.74 Å². The van der Waals surface area contributed by atoms with Crippen molar-refractivity contribution in [3.8, 4) is 0 Å². The summed E-state index contributed by atoms with van der Waals surface area (Å²) in [6.45, 7) is 11.6. The maximum Gasteiger partial charge on any atom is 0.340 e. The summed E-state index contributed by atoms with van der Waals surface area (Å²) in [5, 5.41) is 0. The van der Waals surface area contributed by atoms with Gasteiger partial charge in [0.1, 0.15) is 0 Å². The smallest absolute Gasteiger partial charge is 0.340 e. The number of esters is 1. The van der Waals surface area contributed by atoms with Crippen molar-refractivity contribution in [2.45, 2.75) is 40.7 Å². The second kappa shape index (κ2) is 7.17. The molecule has 0 spiro atoms. The summed E-state index contributed by atoms with van der Waals surface area (Å²) < 4.78 is 5.14. The highest BCUT2D eigenvalue weighted by Gasteiger charge is 2.20. The van der Waals surface area contributed by atoms with E-state index >= 15 is 0 Å². The minimum Gasteiger partial charge on any atom is -0.462 e. The Hall–Kier alpha value is -1.71. The molecule has 0 heterocycles. The van der Waals surface area contributed by atoms with E-state index in [0.717, 1.165) is 12.2 Å². The van der Waals surface area contributed by atoms with Gasteiger partial charge in [0.15, 0.2) is 0 Å². The molecule has 1 rings (SSSR count). The Morgan fingerprint density at radius 2 is 1.95 bits per heavy atom. The molecule has 0 radical (unpaired) electrons. The van der Waals surface area contributed by atoms with Crippen LogP contribution in [0.2, 0.25) is 0 Å². The number of nitrogens with zero attached hydrogens (tertiary/aromatic N) is 1. The van der Waals surface area contributed by atoms with Crippen LogP contribution in [0.4, 0.5) is 11.4 Å². The SMILES string of the molecule is CCOC(=O)c1cc(N)ccc1N(CC(C)C)C(C)C. The third-order valence-electron chi connectivity index (χ3n) is 3.01. The molecule has 20 heavy (non-hydrogen) atoms. The summed E-state index contributed by atoms with van der Waals surface area (Å²) in [6.07, 6.45) is 0. The molecule has 1 aromatic carbocycles. The number of benzene rings is 1. The molecular weight excluding hydrogens is 252 g/mol. The Bertz CT molecular complexity index is 456. The Morgan fingerprint density at radius 1 is 1.30 bits per heavy atom. The zero-order valence-electron chi connectivity index (χ0n) is 13.1. The molecule has 0 saturated heterocycles. The lowest BCUT2D eigenvalue weighted by molar-refractivity contribution is 0.0527. The Balaban J connectivity index is 3.22. The van der Waals surface area contributed by atoms with Crippen LogP contribution in [0.25, 0.3) is 0 Å². The van der Waals surface area contributed by atoms with Gasteiger partial charge in [0.2, 0.25) is 0 Å². The highest BCUT2D eigenvalue weighted by molar-refractivity contribution is 5.97. The minimum atomic E-state index is -0.316. The Kier molecular flexibility index (Phi) is 5.86. The number of nitrogen functional groups attached to an aromatic ring is 1. The largest absolute Gasteiger partial charge is 0.462 e. The predicted molar refractivity (Wildman–Crippen MR) is 84.1 cm³/mol. The van der Waals surface area contributed by atoms with Gasteiger partial charge in [0, 0.05) is 18.3 Å². The summed E-state index contributed by atoms with van der Waals surface area (Å²) in [5.74, 6) is 0.189. The summed E-state index contributed by atoms with van der Waals surface area (Å²) in [7, 11) is 0. The van der Waals surface area contributed by atoms with Gasteiger partial charge in [-0.2, -0.15) is 0 Å². The maximum absolute atomic E-state index is 12.1. The van der Waals surface area contributed by atoms with Gasteiger partial charge in [-0.1, -0.05) is 13.8 Å². The Morgan fingerprint density at radius 3 is 2.45 bits per heavy atom. The van der Waals surface area contributed by atoms with Gasteiger partial charge in [0.25, 0.3) is 0 Å². The lowest BCUT2D eigenvalue weighted by atomic mass is 10.1. The third kappa shape index (κ3) is 4.15. The van der Waals surface area contributed by atoms with Crippen LogP contribution in [0.5, 0.6) is 0 Å². The quantitative estimate of drug-likeness (QED) is 0.640. The number of carbonyl (C=O) groups is 1. The van der Waals surface area contributed by atoms with Crippen LogP contribution >= 0.6 is 0 Å². The number of rotatable bonds is 6. The van der Waals surface area contributed by atoms with E-state index in [-0.39, 0.29) is 5.97 Å². The topological polar surface area (TPSA) is 55.6 Å². The van der Waals surface area contributed by atoms with Crippen LogP contribution in [0, 0.1) is 5.92 Å². The number of carbonyl (C=O) groups excluding carboxylic acids is 1. The van der Waals surface area contributed by atoms with Gasteiger partial charge in [-0.25, -0.2) is 4.79 Å². The van der Waals surface area contributed by atoms with E-state index in [1.807, 2.05) is 12.1 Å². The van der Waals surface area contributed by atoms with Gasteiger partial charge in [-0.15, -0.1) is 0 Å². The number of anilines is 2. The van der Waals surface area contributed by atoms with Crippen LogP contribution in [0.15, 0.2) is 18.2 Å². The third-order valence-corrected chi connectivity index (χ3v) is 3.01. The molecule has 2 N–H and O–H groups in total. The zero-order valence-corrected chi connectivity index (χ0v) is 13.1. The van der Waals surface area contributed by atoms with Crippen molar-refractivity contribution in [1.82, 2.24) is 0 Å². The molecule has 0 bridgehead atoms. The lowest BCUT2D eigenvalue weighted by Gasteiger charge is -2.32. The first-order valence-corrected chi connectivity index (χ1v) is 7.20. The van der Waals surface area contributed by atoms with Gasteiger partial charge in [-0.3, -0.25) is 0 Å². The molecule has 0 aliphatic carbocycles. The first kappa shape index (κ1) is 16.3. The maximum atomic E-state index is 12.1. The zero-order chi connectivity index (χ0) is 15.3. The van der Waals surface area contributed by atoms with Crippen LogP contribution in [0.3, 0.4) is 0 Å². The Labute approximate surface area is 121 Å². The fourth-order valence-electron chi connectivity index (χ4n) is 2.16. The van der Waals surface area contributed by atoms with Gasteiger partial charge >= 0.3 is 5.97 Å². The fraction of sp³-hybridized carbons (Fsp3) is 0.562. The summed E-state index contributed by atoms with van der Waals surface area (Å²) in [4.78, 5) is 14.3. The molecule has 0 aromatic heterocycles. The monoisotopic (exact) mass is 278 g/mol. The van der Waals surface area contributed by atoms with E-state index in [0.29, 0.717) is 29.8 Å². The molecule has 112 valence electrons. The molecule has 0 aliphatic rings. The lowest BCUT2D eigenvalue weighted by Crippen LogP contribution is -2.35. The van der Waals surface area contributed by atoms with E-state index in [4.69, 9.17) is 10.5 Å². The second-order valence-corrected chi connectivity index (χ2v) is 5.64. The molecule has 4 nitrogen and oxygen atoms in total.